The van der Waals surface area contributed by atoms with E-state index in [-0.39, 0.29) is 53.7 Å². The van der Waals surface area contributed by atoms with E-state index in [0.717, 1.165) is 12.8 Å². The molecule has 0 aromatic heterocycles. The first-order chi connectivity index (χ1) is 19.7. The molecule has 0 amide bonds. The van der Waals surface area contributed by atoms with Crippen LogP contribution >= 0.6 is 0 Å². The lowest BCUT2D eigenvalue weighted by Crippen LogP contribution is -2.54. The maximum absolute atomic E-state index is 12.5. The Kier molecular flexibility index (Phi) is 14.2. The highest BCUT2D eigenvalue weighted by atomic mass is 16.6. The number of esters is 2. The lowest BCUT2D eigenvalue weighted by molar-refractivity contribution is -0.183. The van der Waals surface area contributed by atoms with Gasteiger partial charge in [-0.25, -0.2) is 0 Å². The van der Waals surface area contributed by atoms with Gasteiger partial charge >= 0.3 is 11.9 Å². The fourth-order valence-corrected chi connectivity index (χ4v) is 8.79. The van der Waals surface area contributed by atoms with Crippen LogP contribution in [-0.4, -0.2) is 99.4 Å². The number of ether oxygens (including phenoxy) is 6. The number of fused-ring (bicyclic) bond motifs is 1. The van der Waals surface area contributed by atoms with Gasteiger partial charge in [0.05, 0.1) is 23.9 Å². The van der Waals surface area contributed by atoms with Gasteiger partial charge in [0.15, 0.2) is 0 Å². The van der Waals surface area contributed by atoms with Gasteiger partial charge in [0.1, 0.15) is 18.3 Å². The van der Waals surface area contributed by atoms with E-state index >= 15 is 0 Å². The van der Waals surface area contributed by atoms with E-state index in [0.29, 0.717) is 19.4 Å². The smallest absolute Gasteiger partial charge is 0.302 e. The zero-order chi connectivity index (χ0) is 31.9. The minimum absolute atomic E-state index is 0.0270. The predicted octanol–water partition coefficient (Wildman–Crippen LogP) is 3.63. The number of rotatable bonds is 15. The number of hydrogen-bond donors (Lipinski definition) is 2. The summed E-state index contributed by atoms with van der Waals surface area (Å²) >= 11 is 0. The van der Waals surface area contributed by atoms with Gasteiger partial charge in [-0.3, -0.25) is 9.59 Å². The van der Waals surface area contributed by atoms with Crippen LogP contribution in [0.2, 0.25) is 0 Å². The van der Waals surface area contributed by atoms with Crippen molar-refractivity contribution in [2.24, 2.45) is 41.4 Å². The molecule has 2 saturated carbocycles. The van der Waals surface area contributed by atoms with Crippen molar-refractivity contribution in [3.8, 4) is 0 Å². The molecule has 2 fully saturated rings. The van der Waals surface area contributed by atoms with Crippen molar-refractivity contribution >= 4 is 11.9 Å². The van der Waals surface area contributed by atoms with Crippen LogP contribution in [0.15, 0.2) is 0 Å². The third-order valence-corrected chi connectivity index (χ3v) is 10.2. The van der Waals surface area contributed by atoms with Crippen LogP contribution in [-0.2, 0) is 38.0 Å². The van der Waals surface area contributed by atoms with Gasteiger partial charge in [-0.05, 0) is 62.2 Å². The van der Waals surface area contributed by atoms with Crippen molar-refractivity contribution in [3.05, 3.63) is 0 Å². The highest BCUT2D eigenvalue weighted by Gasteiger charge is 2.65. The van der Waals surface area contributed by atoms with Crippen LogP contribution in [0.1, 0.15) is 74.1 Å². The third kappa shape index (κ3) is 7.85. The fourth-order valence-electron chi connectivity index (χ4n) is 8.79. The van der Waals surface area contributed by atoms with Crippen molar-refractivity contribution in [2.75, 3.05) is 35.0 Å². The lowest BCUT2D eigenvalue weighted by atomic mass is 9.67. The zero-order valence-electron chi connectivity index (χ0n) is 27.7. The maximum atomic E-state index is 12.5. The predicted molar refractivity (Wildman–Crippen MR) is 158 cm³/mol. The normalized spacial score (nSPS) is 36.7. The largest absolute Gasteiger partial charge is 0.463 e. The van der Waals surface area contributed by atoms with Crippen LogP contribution in [0.4, 0.5) is 0 Å². The first-order valence-electron chi connectivity index (χ1n) is 15.6. The summed E-state index contributed by atoms with van der Waals surface area (Å²) in [6, 6.07) is 0. The van der Waals surface area contributed by atoms with E-state index in [1.165, 1.54) is 21.0 Å². The van der Waals surface area contributed by atoms with Gasteiger partial charge in [-0.2, -0.15) is 0 Å². The lowest BCUT2D eigenvalue weighted by Gasteiger charge is -2.44. The summed E-state index contributed by atoms with van der Waals surface area (Å²) in [4.78, 5) is 23.7. The van der Waals surface area contributed by atoms with Crippen LogP contribution in [0.5, 0.6) is 0 Å². The summed E-state index contributed by atoms with van der Waals surface area (Å²) in [6.45, 7) is 13.0. The van der Waals surface area contributed by atoms with Gasteiger partial charge in [-0.15, -0.1) is 0 Å². The Hall–Kier alpha value is -1.30. The molecule has 0 saturated heterocycles. The van der Waals surface area contributed by atoms with Gasteiger partial charge in [0.25, 0.3) is 0 Å². The van der Waals surface area contributed by atoms with Gasteiger partial charge < -0.3 is 38.6 Å². The van der Waals surface area contributed by atoms with E-state index < -0.39 is 41.9 Å². The molecule has 0 radical (unpaired) electrons. The molecule has 10 nitrogen and oxygen atoms in total. The Morgan fingerprint density at radius 2 is 1.60 bits per heavy atom. The third-order valence-electron chi connectivity index (χ3n) is 10.2. The van der Waals surface area contributed by atoms with Crippen LogP contribution in [0, 0.1) is 41.4 Å². The number of carbonyl (C=O) groups is 2. The number of hydrogen-bond acceptors (Lipinski definition) is 10. The second-order valence-corrected chi connectivity index (χ2v) is 12.9. The molecule has 2 rings (SSSR count). The molecular formula is C32H58O10. The molecule has 2 N–H and O–H groups in total. The quantitative estimate of drug-likeness (QED) is 0.268. The summed E-state index contributed by atoms with van der Waals surface area (Å²) in [7, 11) is 6.56. The highest BCUT2D eigenvalue weighted by molar-refractivity contribution is 5.66. The SMILES string of the molecule is CCC[C@H]1[C@H](O)[C@H]2[C@@H](C)[C@@](O)([C@@H](OC)[C@@H](C)OC(C)=O)C[C@H]2C([C@H](C[C@H](C)OC(C)=O)OC)[C@@H]([C@H](C)COC)[C@H]1OC. The van der Waals surface area contributed by atoms with Crippen molar-refractivity contribution in [1.29, 1.82) is 0 Å². The van der Waals surface area contributed by atoms with Crippen LogP contribution in [0.25, 0.3) is 0 Å². The monoisotopic (exact) mass is 602 g/mol. The fraction of sp³-hybridized carbons (Fsp3) is 0.938. The Morgan fingerprint density at radius 3 is 2.07 bits per heavy atom. The van der Waals surface area contributed by atoms with E-state index in [1.54, 1.807) is 28.3 Å². The van der Waals surface area contributed by atoms with Gasteiger partial charge in [0.2, 0.25) is 0 Å². The van der Waals surface area contributed by atoms with E-state index in [2.05, 4.69) is 13.8 Å². The zero-order valence-corrected chi connectivity index (χ0v) is 27.7. The Balaban J connectivity index is 2.79. The summed E-state index contributed by atoms with van der Waals surface area (Å²) in [6.07, 6.45) is -1.01. The topological polar surface area (TPSA) is 130 Å². The molecule has 0 spiro atoms. The van der Waals surface area contributed by atoms with Gasteiger partial charge in [-0.1, -0.05) is 27.2 Å². The minimum atomic E-state index is -1.40. The average molecular weight is 603 g/mol. The molecule has 0 aromatic carbocycles. The molecular weight excluding hydrogens is 544 g/mol. The number of carbonyl (C=O) groups excluding carboxylic acids is 2. The van der Waals surface area contributed by atoms with Crippen LogP contribution < -0.4 is 0 Å². The number of aliphatic hydroxyl groups is 2. The maximum Gasteiger partial charge on any atom is 0.302 e. The molecule has 2 aliphatic rings. The number of aliphatic hydroxyl groups excluding tert-OH is 1. The summed E-state index contributed by atoms with van der Waals surface area (Å²) < 4.78 is 35.1. The summed E-state index contributed by atoms with van der Waals surface area (Å²) in [5.41, 5.74) is -1.40. The Bertz CT molecular complexity index is 853. The molecule has 14 atom stereocenters. The molecule has 0 bridgehead atoms. The molecule has 0 heterocycles. The highest BCUT2D eigenvalue weighted by Crippen LogP contribution is 2.59. The second-order valence-electron chi connectivity index (χ2n) is 12.9. The Morgan fingerprint density at radius 1 is 0.976 bits per heavy atom. The summed E-state index contributed by atoms with van der Waals surface area (Å²) in [5, 5.41) is 24.7. The van der Waals surface area contributed by atoms with E-state index in [1.807, 2.05) is 13.8 Å². The molecule has 2 aliphatic carbocycles. The second kappa shape index (κ2) is 16.1. The standard InChI is InChI=1S/C32H58O10/c1-12-13-23-29(35)27-19(4)32(36,31(40-11)20(5)42-22(7)34)15-24(27)28(25(38-9)14-18(3)41-21(6)33)26(30(23)39-10)17(2)16-37-8/h17-20,23-31,35-36H,12-16H2,1-11H3/t17-,18+,19-,20-,23+,24-,25+,26-,27+,28?,29+,30+,31+,32-/m1/s1. The molecule has 1 unspecified atom stereocenters. The molecule has 246 valence electrons. The molecule has 0 aromatic rings. The van der Waals surface area contributed by atoms with Crippen LogP contribution in [0.3, 0.4) is 0 Å². The first kappa shape index (κ1) is 36.9. The van der Waals surface area contributed by atoms with Crippen molar-refractivity contribution in [3.63, 3.8) is 0 Å². The first-order valence-corrected chi connectivity index (χ1v) is 15.6. The van der Waals surface area contributed by atoms with Gasteiger partial charge in [0, 0.05) is 61.2 Å². The minimum Gasteiger partial charge on any atom is -0.463 e. The Labute approximate surface area is 253 Å². The van der Waals surface area contributed by atoms with E-state index in [9.17, 15) is 19.8 Å². The molecule has 10 heteroatoms. The molecule has 0 aliphatic heterocycles. The van der Waals surface area contributed by atoms with Crippen molar-refractivity contribution in [2.45, 2.75) is 116 Å². The summed E-state index contributed by atoms with van der Waals surface area (Å²) in [5.74, 6) is -2.21. The van der Waals surface area contributed by atoms with E-state index in [4.69, 9.17) is 28.4 Å². The van der Waals surface area contributed by atoms with Crippen molar-refractivity contribution in [1.82, 2.24) is 0 Å². The van der Waals surface area contributed by atoms with Crippen molar-refractivity contribution < 1.29 is 48.2 Å². The number of methoxy groups -OCH3 is 4. The average Bonchev–Trinajstić information content (AvgIpc) is 3.10. The molecule has 42 heavy (non-hydrogen) atoms.